The highest BCUT2D eigenvalue weighted by Gasteiger charge is 2.30. The largest absolute Gasteiger partial charge is 0.467 e. The van der Waals surface area contributed by atoms with Crippen molar-refractivity contribution in [2.24, 2.45) is 0 Å². The van der Waals surface area contributed by atoms with Gasteiger partial charge in [0.1, 0.15) is 17.6 Å². The zero-order valence-electron chi connectivity index (χ0n) is 15.8. The number of ketones is 1. The molecule has 28 heavy (non-hydrogen) atoms. The van der Waals surface area contributed by atoms with Crippen molar-refractivity contribution in [1.82, 2.24) is 9.97 Å². The van der Waals surface area contributed by atoms with Gasteiger partial charge >= 0.3 is 0 Å². The van der Waals surface area contributed by atoms with E-state index in [1.807, 2.05) is 38.1 Å². The molecule has 0 amide bonds. The average molecular weight is 375 g/mol. The Hall–Kier alpha value is -3.30. The molecule has 0 radical (unpaired) electrons. The molecule has 0 bridgehead atoms. The van der Waals surface area contributed by atoms with Gasteiger partial charge in [0.05, 0.1) is 18.7 Å². The van der Waals surface area contributed by atoms with Crippen LogP contribution in [-0.2, 0) is 10.2 Å². The fourth-order valence-corrected chi connectivity index (χ4v) is 2.97. The number of aliphatic hydroxyl groups excluding tert-OH is 1. The molecule has 0 aliphatic carbocycles. The molecule has 0 saturated heterocycles. The summed E-state index contributed by atoms with van der Waals surface area (Å²) >= 11 is 0. The first kappa shape index (κ1) is 19.5. The summed E-state index contributed by atoms with van der Waals surface area (Å²) in [5.74, 6) is 0.755. The molecule has 6 heteroatoms. The van der Waals surface area contributed by atoms with Crippen molar-refractivity contribution in [3.63, 3.8) is 0 Å². The van der Waals surface area contributed by atoms with Crippen molar-refractivity contribution in [2.45, 2.75) is 38.2 Å². The normalized spacial score (nSPS) is 12.4. The van der Waals surface area contributed by atoms with Gasteiger partial charge in [-0.3, -0.25) is 9.78 Å². The van der Waals surface area contributed by atoms with E-state index in [9.17, 15) is 9.90 Å². The van der Waals surface area contributed by atoms with E-state index in [2.05, 4.69) is 14.8 Å². The Bertz CT molecular complexity index is 987. The third-order valence-electron chi connectivity index (χ3n) is 4.85. The third-order valence-corrected chi connectivity index (χ3v) is 4.85. The smallest absolute Gasteiger partial charge is 0.288 e. The first-order valence-corrected chi connectivity index (χ1v) is 8.97. The molecule has 0 saturated carbocycles. The lowest BCUT2D eigenvalue weighted by Crippen LogP contribution is -2.29. The number of benzene rings is 1. The molecule has 1 aromatic carbocycles. The van der Waals surface area contributed by atoms with Crippen LogP contribution in [0.4, 0.5) is 5.82 Å². The fourth-order valence-electron chi connectivity index (χ4n) is 2.97. The molecule has 1 unspecified atom stereocenters. The van der Waals surface area contributed by atoms with Crippen LogP contribution in [0.15, 0.2) is 59.5 Å². The Morgan fingerprint density at radius 2 is 2.00 bits per heavy atom. The minimum Gasteiger partial charge on any atom is -0.467 e. The second-order valence-electron chi connectivity index (χ2n) is 7.07. The van der Waals surface area contributed by atoms with Crippen molar-refractivity contribution >= 4 is 11.6 Å². The summed E-state index contributed by atoms with van der Waals surface area (Å²) in [6.45, 7) is 10.8. The molecular weight excluding hydrogens is 354 g/mol. The van der Waals surface area contributed by atoms with Crippen LogP contribution in [0, 0.1) is 6.57 Å². The number of carbonyl (C=O) groups is 1. The summed E-state index contributed by atoms with van der Waals surface area (Å²) < 4.78 is 5.18. The second-order valence-corrected chi connectivity index (χ2v) is 7.07. The minimum atomic E-state index is -0.787. The van der Waals surface area contributed by atoms with Crippen LogP contribution in [0.5, 0.6) is 0 Å². The van der Waals surface area contributed by atoms with Crippen LogP contribution >= 0.6 is 0 Å². The van der Waals surface area contributed by atoms with Crippen LogP contribution in [0.3, 0.4) is 0 Å². The van der Waals surface area contributed by atoms with E-state index in [1.165, 1.54) is 12.5 Å². The lowest BCUT2D eigenvalue weighted by Gasteiger charge is -2.24. The Balaban J connectivity index is 1.70. The molecule has 3 aromatic rings. The van der Waals surface area contributed by atoms with Gasteiger partial charge in [0.2, 0.25) is 0 Å². The van der Waals surface area contributed by atoms with E-state index in [4.69, 9.17) is 11.0 Å². The molecule has 1 N–H and O–H groups in total. The number of rotatable bonds is 7. The molecule has 0 aliphatic heterocycles. The van der Waals surface area contributed by atoms with E-state index >= 15 is 0 Å². The van der Waals surface area contributed by atoms with Crippen LogP contribution in [-0.4, -0.2) is 20.9 Å². The van der Waals surface area contributed by atoms with Crippen molar-refractivity contribution in [3.8, 4) is 11.3 Å². The summed E-state index contributed by atoms with van der Waals surface area (Å²) in [6.07, 6.45) is 4.30. The molecule has 3 rings (SSSR count). The first-order valence-electron chi connectivity index (χ1n) is 8.97. The highest BCUT2D eigenvalue weighted by atomic mass is 16.4. The first-order chi connectivity index (χ1) is 13.4. The number of carbonyl (C=O) groups excluding carboxylic acids is 1. The Kier molecular flexibility index (Phi) is 5.67. The summed E-state index contributed by atoms with van der Waals surface area (Å²) in [5, 5.41) is 10.1. The van der Waals surface area contributed by atoms with E-state index in [1.54, 1.807) is 18.3 Å². The standard InChI is InChI=1S/C22H21N3O3/c1-22(2,20(27)11-10-18(26)19-5-4-12-28-19)16-8-6-15(7-9-16)17-13-24-14-21(23-3)25-17/h4-9,12-14,18,26H,10-11H2,1-2H3. The quantitative estimate of drug-likeness (QED) is 0.608. The number of hydrogen-bond donors (Lipinski definition) is 1. The average Bonchev–Trinajstić information content (AvgIpc) is 3.27. The van der Waals surface area contributed by atoms with Crippen LogP contribution < -0.4 is 0 Å². The molecule has 0 fully saturated rings. The summed E-state index contributed by atoms with van der Waals surface area (Å²) in [4.78, 5) is 24.3. The Morgan fingerprint density at radius 1 is 1.25 bits per heavy atom. The van der Waals surface area contributed by atoms with Gasteiger partial charge in [0.25, 0.3) is 5.82 Å². The second kappa shape index (κ2) is 8.15. The lowest BCUT2D eigenvalue weighted by atomic mass is 9.78. The predicted octanol–water partition coefficient (Wildman–Crippen LogP) is 4.65. The molecule has 0 aliphatic rings. The van der Waals surface area contributed by atoms with Crippen LogP contribution in [0.2, 0.25) is 0 Å². The molecule has 2 aromatic heterocycles. The summed E-state index contributed by atoms with van der Waals surface area (Å²) in [5.41, 5.74) is 1.64. The number of nitrogens with zero attached hydrogens (tertiary/aromatic N) is 3. The van der Waals surface area contributed by atoms with Gasteiger partial charge < -0.3 is 14.4 Å². The van der Waals surface area contributed by atoms with E-state index < -0.39 is 11.5 Å². The molecule has 0 spiro atoms. The highest BCUT2D eigenvalue weighted by molar-refractivity contribution is 5.89. The highest BCUT2D eigenvalue weighted by Crippen LogP contribution is 2.30. The van der Waals surface area contributed by atoms with E-state index in [-0.39, 0.29) is 18.0 Å². The van der Waals surface area contributed by atoms with Gasteiger partial charge in [-0.2, -0.15) is 0 Å². The van der Waals surface area contributed by atoms with Gasteiger partial charge in [-0.1, -0.05) is 30.8 Å². The van der Waals surface area contributed by atoms with Crippen LogP contribution in [0.1, 0.15) is 44.1 Å². The zero-order chi connectivity index (χ0) is 20.1. The fraction of sp³-hybridized carbons (Fsp3) is 0.273. The van der Waals surface area contributed by atoms with Crippen molar-refractivity contribution < 1.29 is 14.3 Å². The maximum atomic E-state index is 12.8. The van der Waals surface area contributed by atoms with Crippen molar-refractivity contribution in [1.29, 1.82) is 0 Å². The van der Waals surface area contributed by atoms with E-state index in [0.29, 0.717) is 17.9 Å². The molecule has 1 atom stereocenters. The predicted molar refractivity (Wildman–Crippen MR) is 105 cm³/mol. The van der Waals surface area contributed by atoms with E-state index in [0.717, 1.165) is 11.1 Å². The van der Waals surface area contributed by atoms with Gasteiger partial charge in [-0.25, -0.2) is 0 Å². The maximum Gasteiger partial charge on any atom is 0.288 e. The van der Waals surface area contributed by atoms with Crippen molar-refractivity contribution in [2.75, 3.05) is 0 Å². The topological polar surface area (TPSA) is 80.6 Å². The van der Waals surface area contributed by atoms with Gasteiger partial charge in [-0.05, 0) is 38.0 Å². The molecular formula is C22H21N3O3. The van der Waals surface area contributed by atoms with Gasteiger partial charge in [-0.15, -0.1) is 4.98 Å². The monoisotopic (exact) mass is 375 g/mol. The number of furan rings is 1. The SMILES string of the molecule is [C-]#[N+]c1cncc(-c2ccc(C(C)(C)C(=O)CCC(O)c3ccco3)cc2)n1. The number of Topliss-reactive ketones (excluding diaryl/α,β-unsaturated/α-hetero) is 1. The number of aliphatic hydroxyl groups is 1. The molecule has 6 nitrogen and oxygen atoms in total. The summed E-state index contributed by atoms with van der Waals surface area (Å²) in [6, 6.07) is 10.9. The Morgan fingerprint density at radius 3 is 2.64 bits per heavy atom. The maximum absolute atomic E-state index is 12.8. The van der Waals surface area contributed by atoms with Crippen molar-refractivity contribution in [3.05, 3.63) is 77.8 Å². The zero-order valence-corrected chi connectivity index (χ0v) is 15.8. The van der Waals surface area contributed by atoms with Crippen LogP contribution in [0.25, 0.3) is 16.1 Å². The third kappa shape index (κ3) is 4.16. The number of hydrogen-bond acceptors (Lipinski definition) is 5. The molecule has 142 valence electrons. The minimum absolute atomic E-state index is 0.0423. The van der Waals surface area contributed by atoms with Gasteiger partial charge in [0, 0.05) is 17.4 Å². The summed E-state index contributed by atoms with van der Waals surface area (Å²) in [7, 11) is 0. The molecule has 2 heterocycles. The number of aromatic nitrogens is 2. The van der Waals surface area contributed by atoms with Gasteiger partial charge in [0.15, 0.2) is 5.69 Å². The lowest BCUT2D eigenvalue weighted by molar-refractivity contribution is -0.124. The Labute approximate surface area is 163 Å².